The van der Waals surface area contributed by atoms with Crippen molar-refractivity contribution in [2.75, 3.05) is 26.4 Å². The minimum Gasteiger partial charge on any atom is -0.352 e. The molecule has 2 rings (SSSR count). The molecule has 2 aliphatic heterocycles. The van der Waals surface area contributed by atoms with E-state index in [0.717, 1.165) is 12.8 Å². The van der Waals surface area contributed by atoms with Gasteiger partial charge in [-0.15, -0.1) is 0 Å². The molecule has 2 aliphatic rings. The van der Waals surface area contributed by atoms with Crippen molar-refractivity contribution in [2.24, 2.45) is 5.41 Å². The van der Waals surface area contributed by atoms with E-state index >= 15 is 0 Å². The molecule has 256 valence electrons. The van der Waals surface area contributed by atoms with Crippen LogP contribution >= 0.6 is 23.5 Å². The van der Waals surface area contributed by atoms with Crippen LogP contribution in [0.4, 0.5) is 0 Å². The van der Waals surface area contributed by atoms with Gasteiger partial charge in [0.25, 0.3) is 0 Å². The third-order valence-corrected chi connectivity index (χ3v) is 11.9. The molecule has 0 amide bonds. The number of unbranched alkanes of at least 4 members (excludes halogenated alkanes) is 14. The van der Waals surface area contributed by atoms with Crippen LogP contribution in [0.25, 0.3) is 0 Å². The van der Waals surface area contributed by atoms with Crippen LogP contribution in [0.3, 0.4) is 0 Å². The summed E-state index contributed by atoms with van der Waals surface area (Å²) in [4.78, 5) is 0. The largest absolute Gasteiger partial charge is 0.352 e. The Morgan fingerprint density at radius 3 is 1.09 bits per heavy atom. The van der Waals surface area contributed by atoms with Crippen LogP contribution in [0.2, 0.25) is 0 Å². The smallest absolute Gasteiger partial charge is 0.158 e. The second-order valence-corrected chi connectivity index (χ2v) is 17.9. The lowest BCUT2D eigenvalue weighted by Crippen LogP contribution is -2.52. The Bertz CT molecular complexity index is 577. The Morgan fingerprint density at radius 1 is 0.465 bits per heavy atom. The van der Waals surface area contributed by atoms with Gasteiger partial charge >= 0.3 is 0 Å². The van der Waals surface area contributed by atoms with Crippen molar-refractivity contribution < 1.29 is 18.9 Å². The molecule has 2 heterocycles. The number of ether oxygens (including phenoxy) is 4. The lowest BCUT2D eigenvalue weighted by molar-refractivity contribution is -0.303. The second kappa shape index (κ2) is 24.7. The fourth-order valence-corrected chi connectivity index (χ4v) is 9.14. The summed E-state index contributed by atoms with van der Waals surface area (Å²) in [6.45, 7) is 16.7. The maximum Gasteiger partial charge on any atom is 0.158 e. The highest BCUT2D eigenvalue weighted by atomic mass is 32.2. The summed E-state index contributed by atoms with van der Waals surface area (Å²) in [7, 11) is 0. The summed E-state index contributed by atoms with van der Waals surface area (Å²) >= 11 is 4.21. The predicted molar refractivity (Wildman–Crippen MR) is 191 cm³/mol. The third kappa shape index (κ3) is 19.1. The van der Waals surface area contributed by atoms with Crippen molar-refractivity contribution in [3.05, 3.63) is 0 Å². The van der Waals surface area contributed by atoms with Gasteiger partial charge in [-0.2, -0.15) is 23.5 Å². The van der Waals surface area contributed by atoms with Crippen LogP contribution in [0.5, 0.6) is 0 Å². The van der Waals surface area contributed by atoms with Crippen LogP contribution < -0.4 is 0 Å². The molecule has 4 unspecified atom stereocenters. The Morgan fingerprint density at radius 2 is 0.767 bits per heavy atom. The lowest BCUT2D eigenvalue weighted by Gasteiger charge is -2.44. The summed E-state index contributed by atoms with van der Waals surface area (Å²) in [6, 6.07) is 0. The zero-order valence-corrected chi connectivity index (χ0v) is 31.0. The van der Waals surface area contributed by atoms with E-state index in [4.69, 9.17) is 18.9 Å². The molecule has 43 heavy (non-hydrogen) atoms. The van der Waals surface area contributed by atoms with Gasteiger partial charge < -0.3 is 18.9 Å². The fourth-order valence-electron chi connectivity index (χ4n) is 6.41. The summed E-state index contributed by atoms with van der Waals surface area (Å²) < 4.78 is 24.9. The molecule has 0 bridgehead atoms. The zero-order chi connectivity index (χ0) is 31.2. The first-order valence-corrected chi connectivity index (χ1v) is 20.5. The molecule has 4 atom stereocenters. The molecule has 6 heteroatoms. The highest BCUT2D eigenvalue weighted by molar-refractivity contribution is 8.00. The molecule has 0 radical (unpaired) electrons. The van der Waals surface area contributed by atoms with Crippen molar-refractivity contribution in [3.8, 4) is 0 Å². The Balaban J connectivity index is 1.50. The molecular weight excluding hydrogens is 573 g/mol. The maximum absolute atomic E-state index is 6.23. The van der Waals surface area contributed by atoms with Gasteiger partial charge in [0.15, 0.2) is 12.6 Å². The monoisotopic (exact) mass is 644 g/mol. The first-order chi connectivity index (χ1) is 20.9. The van der Waals surface area contributed by atoms with Crippen LogP contribution in [0, 0.1) is 5.41 Å². The molecule has 0 aliphatic carbocycles. The van der Waals surface area contributed by atoms with Crippen LogP contribution in [-0.4, -0.2) is 60.0 Å². The molecule has 4 nitrogen and oxygen atoms in total. The molecule has 0 aromatic rings. The van der Waals surface area contributed by atoms with Gasteiger partial charge in [-0.05, 0) is 12.8 Å². The molecule has 1 spiro atoms. The molecule has 0 aromatic heterocycles. The minimum atomic E-state index is -0.145. The Labute approximate surface area is 277 Å². The average Bonchev–Trinajstić information content (AvgIpc) is 2.98. The van der Waals surface area contributed by atoms with Gasteiger partial charge in [0.1, 0.15) is 0 Å². The summed E-state index contributed by atoms with van der Waals surface area (Å²) in [5.74, 6) is 0. The van der Waals surface area contributed by atoms with Crippen LogP contribution in [0.15, 0.2) is 0 Å². The quantitative estimate of drug-likeness (QED) is 0.0872. The van der Waals surface area contributed by atoms with Crippen molar-refractivity contribution in [1.82, 2.24) is 0 Å². The van der Waals surface area contributed by atoms with Crippen molar-refractivity contribution >= 4 is 23.5 Å². The van der Waals surface area contributed by atoms with Crippen LogP contribution in [0.1, 0.15) is 170 Å². The van der Waals surface area contributed by atoms with E-state index in [1.54, 1.807) is 0 Å². The molecule has 2 fully saturated rings. The SMILES string of the molecule is CCCCCCCCCCC(C)SC(C)CC1OCC2(CO1)COC(CC(C)SC(C)CCCCCCCCCC)OC2. The molecule has 0 N–H and O–H groups in total. The van der Waals surface area contributed by atoms with Crippen molar-refractivity contribution in [3.63, 3.8) is 0 Å². The van der Waals surface area contributed by atoms with Crippen molar-refractivity contribution in [2.45, 2.75) is 204 Å². The number of hydrogen-bond donors (Lipinski definition) is 0. The van der Waals surface area contributed by atoms with Gasteiger partial charge in [0.2, 0.25) is 0 Å². The van der Waals surface area contributed by atoms with E-state index in [1.807, 2.05) is 0 Å². The number of thioether (sulfide) groups is 2. The van der Waals surface area contributed by atoms with Crippen molar-refractivity contribution in [1.29, 1.82) is 0 Å². The van der Waals surface area contributed by atoms with Gasteiger partial charge in [-0.3, -0.25) is 0 Å². The first kappa shape index (κ1) is 39.7. The predicted octanol–water partition coefficient (Wildman–Crippen LogP) is 11.6. The van der Waals surface area contributed by atoms with Gasteiger partial charge in [0, 0.05) is 33.8 Å². The normalized spacial score (nSPS) is 25.5. The third-order valence-electron chi connectivity index (χ3n) is 9.21. The van der Waals surface area contributed by atoms with E-state index in [0.29, 0.717) is 47.4 Å². The summed E-state index contributed by atoms with van der Waals surface area (Å²) in [5, 5.41) is 2.50. The number of rotatable bonds is 26. The lowest BCUT2D eigenvalue weighted by atomic mass is 9.90. The fraction of sp³-hybridized carbons (Fsp3) is 1.00. The highest BCUT2D eigenvalue weighted by Gasteiger charge is 2.42. The number of hydrogen-bond acceptors (Lipinski definition) is 6. The molecular formula is C37H72O4S2. The van der Waals surface area contributed by atoms with E-state index in [2.05, 4.69) is 65.1 Å². The van der Waals surface area contributed by atoms with E-state index in [-0.39, 0.29) is 18.0 Å². The summed E-state index contributed by atoms with van der Waals surface area (Å²) in [6.07, 6.45) is 26.7. The standard InChI is InChI=1S/C37H72O4S2/c1-7-9-11-13-15-17-19-21-23-31(3)42-33(5)25-35-38-27-37(28-39-35)29-40-36(41-30-37)26-34(6)43-32(4)24-22-20-18-16-14-12-10-8-2/h31-36H,7-30H2,1-6H3. The van der Waals surface area contributed by atoms with Crippen LogP contribution in [-0.2, 0) is 18.9 Å². The maximum atomic E-state index is 6.23. The average molecular weight is 645 g/mol. The van der Waals surface area contributed by atoms with E-state index in [1.165, 1.54) is 116 Å². The van der Waals surface area contributed by atoms with Gasteiger partial charge in [0.05, 0.1) is 31.8 Å². The highest BCUT2D eigenvalue weighted by Crippen LogP contribution is 2.35. The van der Waals surface area contributed by atoms with E-state index < -0.39 is 0 Å². The molecule has 0 saturated carbocycles. The van der Waals surface area contributed by atoms with Gasteiger partial charge in [-0.25, -0.2) is 0 Å². The molecule has 2 saturated heterocycles. The minimum absolute atomic E-state index is 0.0971. The van der Waals surface area contributed by atoms with Gasteiger partial charge in [-0.1, -0.05) is 144 Å². The second-order valence-electron chi connectivity index (χ2n) is 14.1. The Hall–Kier alpha value is 0.540. The van der Waals surface area contributed by atoms with E-state index in [9.17, 15) is 0 Å². The topological polar surface area (TPSA) is 36.9 Å². The summed E-state index contributed by atoms with van der Waals surface area (Å²) in [5.41, 5.74) is -0.145. The first-order valence-electron chi connectivity index (χ1n) is 18.6. The molecule has 0 aromatic carbocycles. The zero-order valence-electron chi connectivity index (χ0n) is 29.4. The Kier molecular flexibility index (Phi) is 22.8.